The van der Waals surface area contributed by atoms with Crippen LogP contribution in [0.25, 0.3) is 23.3 Å². The number of phenols is 2. The molecule has 0 amide bonds. The van der Waals surface area contributed by atoms with Crippen molar-refractivity contribution in [2.45, 2.75) is 43.0 Å². The number of allylic oxidation sites excluding steroid dienone is 1. The molecule has 0 bridgehead atoms. The number of hydrogen-bond acceptors (Lipinski definition) is 10. The number of rotatable bonds is 10. The lowest BCUT2D eigenvalue weighted by molar-refractivity contribution is -0.0429. The van der Waals surface area contributed by atoms with Gasteiger partial charge in [-0.1, -0.05) is 36.4 Å². The number of fused-ring (bicyclic) bond motifs is 5. The average molecular weight is 677 g/mol. The maximum absolute atomic E-state index is 11.1. The molecule has 0 radical (unpaired) electrons. The average Bonchev–Trinajstić information content (AvgIpc) is 3.62. The molecule has 10 nitrogen and oxygen atoms in total. The minimum atomic E-state index is -0.851. The summed E-state index contributed by atoms with van der Waals surface area (Å²) in [5, 5.41) is 46.8. The van der Waals surface area contributed by atoms with Gasteiger partial charge in [0.2, 0.25) is 0 Å². The molecule has 4 unspecified atom stereocenters. The number of nitrogens with zero attached hydrogens (tertiary/aromatic N) is 1. The molecule has 4 atom stereocenters. The topological polar surface area (TPSA) is 142 Å². The Morgan fingerprint density at radius 3 is 2.56 bits per heavy atom. The lowest BCUT2D eigenvalue weighted by Crippen LogP contribution is -2.36. The fourth-order valence-corrected chi connectivity index (χ4v) is 8.05. The maximum atomic E-state index is 11.1. The van der Waals surface area contributed by atoms with E-state index in [1.165, 1.54) is 12.7 Å². The van der Waals surface area contributed by atoms with Crippen molar-refractivity contribution in [2.75, 3.05) is 40.6 Å². The van der Waals surface area contributed by atoms with Crippen molar-refractivity contribution >= 4 is 12.2 Å². The molecular formula is C40H40N2O8. The normalized spacial score (nSPS) is 20.9. The quantitative estimate of drug-likeness (QED) is 0.159. The fourth-order valence-electron chi connectivity index (χ4n) is 8.05. The highest BCUT2D eigenvalue weighted by atomic mass is 16.6. The minimum Gasteiger partial charge on any atom is -0.507 e. The van der Waals surface area contributed by atoms with Gasteiger partial charge in [0.1, 0.15) is 29.5 Å². The van der Waals surface area contributed by atoms with Crippen LogP contribution in [-0.4, -0.2) is 73.3 Å². The Hall–Kier alpha value is -4.87. The standard InChI is InChI=1S/C40H40N2O8/c1-41-20-48-37-16-28-30-15-29-25(21-3-8-31-22(13-21)11-12-42-31)5-6-26-32(45)10-7-27(38(26)29)39(30)36(49-24(18-43)19-44)17-34(28)50-40(37)23-4-9-33(46)35(14-23)47-2/h3-11,13-14,17,24-25,29,37,40-41,43-46H,12,15-16,18-20H2,1-2H3. The van der Waals surface area contributed by atoms with E-state index in [1.54, 1.807) is 24.3 Å². The molecule has 0 fully saturated rings. The second-order valence-corrected chi connectivity index (χ2v) is 13.2. The second kappa shape index (κ2) is 13.1. The van der Waals surface area contributed by atoms with Gasteiger partial charge in [-0.15, -0.1) is 0 Å². The first kappa shape index (κ1) is 32.3. The van der Waals surface area contributed by atoms with Crippen LogP contribution in [-0.2, 0) is 17.6 Å². The molecule has 2 heterocycles. The Bertz CT molecular complexity index is 2130. The van der Waals surface area contributed by atoms with E-state index in [2.05, 4.69) is 40.7 Å². The van der Waals surface area contributed by atoms with Crippen LogP contribution in [0.2, 0.25) is 0 Å². The molecule has 4 aromatic rings. The first-order valence-electron chi connectivity index (χ1n) is 17.0. The van der Waals surface area contributed by atoms with Gasteiger partial charge in [-0.2, -0.15) is 0 Å². The molecule has 4 aliphatic rings. The van der Waals surface area contributed by atoms with Crippen LogP contribution in [0.1, 0.15) is 51.3 Å². The van der Waals surface area contributed by atoms with Crippen LogP contribution in [0.3, 0.4) is 0 Å². The van der Waals surface area contributed by atoms with E-state index in [1.807, 2.05) is 25.3 Å². The van der Waals surface area contributed by atoms with Gasteiger partial charge < -0.3 is 39.4 Å². The zero-order valence-electron chi connectivity index (χ0n) is 27.9. The SMILES string of the molecule is CNCOC1Cc2c(cc(OC(CO)CO)c3c2CC2c4c-3ccc(O)c4C=CC2c2ccc3c(c2)=CCN=3)OC1c1ccc(O)c(OC)c1. The van der Waals surface area contributed by atoms with Crippen molar-refractivity contribution in [1.82, 2.24) is 5.32 Å². The summed E-state index contributed by atoms with van der Waals surface area (Å²) in [5.74, 6) is 1.69. The number of nitrogens with one attached hydrogen (secondary N) is 1. The number of ether oxygens (including phenoxy) is 4. The summed E-state index contributed by atoms with van der Waals surface area (Å²) in [4.78, 5) is 4.59. The van der Waals surface area contributed by atoms with E-state index >= 15 is 0 Å². The highest BCUT2D eigenvalue weighted by Crippen LogP contribution is 2.57. The van der Waals surface area contributed by atoms with Crippen molar-refractivity contribution in [3.8, 4) is 39.9 Å². The van der Waals surface area contributed by atoms with Crippen LogP contribution in [0, 0.1) is 0 Å². The molecule has 2 aliphatic heterocycles. The third kappa shape index (κ3) is 5.39. The lowest BCUT2D eigenvalue weighted by Gasteiger charge is -2.41. The molecule has 5 N–H and O–H groups in total. The molecule has 8 rings (SSSR count). The van der Waals surface area contributed by atoms with Crippen LogP contribution < -0.4 is 30.1 Å². The molecule has 0 saturated heterocycles. The van der Waals surface area contributed by atoms with Crippen molar-refractivity contribution in [1.29, 1.82) is 0 Å². The number of phenolic OH excluding ortho intramolecular Hbond substituents is 2. The number of aromatic hydroxyl groups is 2. The van der Waals surface area contributed by atoms with Gasteiger partial charge in [0.05, 0.1) is 39.0 Å². The number of hydrogen-bond donors (Lipinski definition) is 5. The van der Waals surface area contributed by atoms with Gasteiger partial charge in [-0.3, -0.25) is 10.3 Å². The van der Waals surface area contributed by atoms with Crippen LogP contribution in [0.15, 0.2) is 65.7 Å². The van der Waals surface area contributed by atoms with Gasteiger partial charge in [-0.25, -0.2) is 0 Å². The molecule has 50 heavy (non-hydrogen) atoms. The molecule has 258 valence electrons. The summed E-state index contributed by atoms with van der Waals surface area (Å²) in [5.41, 5.74) is 7.62. The van der Waals surface area contributed by atoms with Gasteiger partial charge in [-0.05, 0) is 82.8 Å². The first-order valence-corrected chi connectivity index (χ1v) is 17.0. The number of aliphatic hydroxyl groups is 2. The minimum absolute atomic E-state index is 0.0115. The summed E-state index contributed by atoms with van der Waals surface area (Å²) in [6.45, 7) is 0.239. The van der Waals surface area contributed by atoms with E-state index < -0.39 is 18.3 Å². The van der Waals surface area contributed by atoms with Crippen LogP contribution in [0.4, 0.5) is 0 Å². The first-order chi connectivity index (χ1) is 24.4. The van der Waals surface area contributed by atoms with Gasteiger partial charge in [0, 0.05) is 35.1 Å². The van der Waals surface area contributed by atoms with Crippen LogP contribution in [0.5, 0.6) is 28.7 Å². The smallest absolute Gasteiger partial charge is 0.160 e. The highest BCUT2D eigenvalue weighted by molar-refractivity contribution is 5.87. The van der Waals surface area contributed by atoms with Gasteiger partial charge >= 0.3 is 0 Å². The lowest BCUT2D eigenvalue weighted by atomic mass is 9.65. The van der Waals surface area contributed by atoms with Crippen molar-refractivity contribution in [2.24, 2.45) is 4.99 Å². The Morgan fingerprint density at radius 2 is 1.76 bits per heavy atom. The zero-order chi connectivity index (χ0) is 34.5. The number of methoxy groups -OCH3 is 1. The van der Waals surface area contributed by atoms with Gasteiger partial charge in [0.15, 0.2) is 17.6 Å². The molecule has 0 saturated carbocycles. The number of aliphatic hydroxyl groups excluding tert-OH is 2. The van der Waals surface area contributed by atoms with E-state index in [0.717, 1.165) is 49.5 Å². The summed E-state index contributed by atoms with van der Waals surface area (Å²) in [6, 6.07) is 17.1. The Morgan fingerprint density at radius 1 is 0.940 bits per heavy atom. The summed E-state index contributed by atoms with van der Waals surface area (Å²) < 4.78 is 25.0. The summed E-state index contributed by atoms with van der Waals surface area (Å²) in [7, 11) is 3.33. The molecule has 4 aromatic carbocycles. The predicted octanol–water partition coefficient (Wildman–Crippen LogP) is 3.61. The number of benzene rings is 4. The summed E-state index contributed by atoms with van der Waals surface area (Å²) >= 11 is 0. The van der Waals surface area contributed by atoms with Crippen molar-refractivity contribution in [3.63, 3.8) is 0 Å². The van der Waals surface area contributed by atoms with Crippen molar-refractivity contribution in [3.05, 3.63) is 105 Å². The monoisotopic (exact) mass is 676 g/mol. The highest BCUT2D eigenvalue weighted by Gasteiger charge is 2.42. The summed E-state index contributed by atoms with van der Waals surface area (Å²) in [6.07, 6.45) is 5.73. The Balaban J connectivity index is 1.31. The Kier molecular flexibility index (Phi) is 8.48. The molecule has 10 heteroatoms. The van der Waals surface area contributed by atoms with Crippen LogP contribution >= 0.6 is 0 Å². The Labute approximate surface area is 289 Å². The van der Waals surface area contributed by atoms with Crippen molar-refractivity contribution < 1.29 is 39.4 Å². The predicted molar refractivity (Wildman–Crippen MR) is 187 cm³/mol. The third-order valence-electron chi connectivity index (χ3n) is 10.4. The fraction of sp³-hybridized carbons (Fsp3) is 0.325. The molecule has 0 spiro atoms. The van der Waals surface area contributed by atoms with E-state index in [-0.39, 0.29) is 36.5 Å². The third-order valence-corrected chi connectivity index (χ3v) is 10.4. The van der Waals surface area contributed by atoms with Gasteiger partial charge in [0.25, 0.3) is 0 Å². The maximum Gasteiger partial charge on any atom is 0.160 e. The zero-order valence-corrected chi connectivity index (χ0v) is 27.9. The van der Waals surface area contributed by atoms with E-state index in [9.17, 15) is 20.4 Å². The largest absolute Gasteiger partial charge is 0.507 e. The molecule has 2 aliphatic carbocycles. The second-order valence-electron chi connectivity index (χ2n) is 13.2. The molecular weight excluding hydrogens is 636 g/mol. The van der Waals surface area contributed by atoms with E-state index in [0.29, 0.717) is 43.4 Å². The molecule has 0 aromatic heterocycles. The van der Waals surface area contributed by atoms with E-state index in [4.69, 9.17) is 18.9 Å².